The smallest absolute Gasteiger partial charge is 0.327 e. The summed E-state index contributed by atoms with van der Waals surface area (Å²) in [6, 6.07) is 8.99. The van der Waals surface area contributed by atoms with Gasteiger partial charge in [-0.3, -0.25) is 9.78 Å². The van der Waals surface area contributed by atoms with Crippen molar-refractivity contribution in [2.75, 3.05) is 0 Å². The Morgan fingerprint density at radius 2 is 1.83 bits per heavy atom. The van der Waals surface area contributed by atoms with Crippen LogP contribution in [0.5, 0.6) is 0 Å². The summed E-state index contributed by atoms with van der Waals surface area (Å²) in [5.74, 6) is 0. The summed E-state index contributed by atoms with van der Waals surface area (Å²) < 4.78 is 1.75. The predicted molar refractivity (Wildman–Crippen MR) is 70.0 cm³/mol. The Balaban J connectivity index is 2.50. The molecular formula is C11H7BrN4O2. The van der Waals surface area contributed by atoms with E-state index in [-0.39, 0.29) is 5.52 Å². The van der Waals surface area contributed by atoms with E-state index in [0.717, 1.165) is 0 Å². The number of aromatic nitrogens is 4. The van der Waals surface area contributed by atoms with Crippen molar-refractivity contribution < 1.29 is 0 Å². The summed E-state index contributed by atoms with van der Waals surface area (Å²) in [4.78, 5) is 32.7. The van der Waals surface area contributed by atoms with Crippen LogP contribution in [0.1, 0.15) is 0 Å². The van der Waals surface area contributed by atoms with Gasteiger partial charge < -0.3 is 4.98 Å². The van der Waals surface area contributed by atoms with Gasteiger partial charge in [0, 0.05) is 0 Å². The molecule has 7 heteroatoms. The number of benzene rings is 1. The summed E-state index contributed by atoms with van der Waals surface area (Å²) in [5, 5.41) is 0. The molecule has 3 aromatic rings. The quantitative estimate of drug-likeness (QED) is 0.662. The highest BCUT2D eigenvalue weighted by Gasteiger charge is 2.12. The second kappa shape index (κ2) is 3.95. The number of fused-ring (bicyclic) bond motifs is 1. The topological polar surface area (TPSA) is 83.5 Å². The second-order valence-corrected chi connectivity index (χ2v) is 4.41. The summed E-state index contributed by atoms with van der Waals surface area (Å²) >= 11 is 3.16. The Kier molecular flexibility index (Phi) is 2.41. The lowest BCUT2D eigenvalue weighted by molar-refractivity contribution is 0.930. The molecule has 2 N–H and O–H groups in total. The first-order valence-corrected chi connectivity index (χ1v) is 5.92. The highest BCUT2D eigenvalue weighted by molar-refractivity contribution is 9.10. The van der Waals surface area contributed by atoms with Crippen LogP contribution in [0.25, 0.3) is 16.9 Å². The molecule has 0 aliphatic rings. The summed E-state index contributed by atoms with van der Waals surface area (Å²) in [5.41, 5.74) is 0.188. The zero-order valence-electron chi connectivity index (χ0n) is 8.98. The Hall–Kier alpha value is -2.15. The third-order valence-corrected chi connectivity index (χ3v) is 2.91. The van der Waals surface area contributed by atoms with E-state index in [4.69, 9.17) is 0 Å². The van der Waals surface area contributed by atoms with E-state index in [0.29, 0.717) is 16.1 Å². The molecule has 0 aliphatic carbocycles. The second-order valence-electron chi connectivity index (χ2n) is 3.66. The summed E-state index contributed by atoms with van der Waals surface area (Å²) in [6.07, 6.45) is 0. The number of aromatic amines is 2. The van der Waals surface area contributed by atoms with Crippen LogP contribution in [0.3, 0.4) is 0 Å². The minimum Gasteiger partial charge on any atom is -0.327 e. The monoisotopic (exact) mass is 306 g/mol. The van der Waals surface area contributed by atoms with Gasteiger partial charge in [0.2, 0.25) is 0 Å². The van der Waals surface area contributed by atoms with Crippen LogP contribution in [-0.4, -0.2) is 19.5 Å². The maximum absolute atomic E-state index is 11.9. The first-order chi connectivity index (χ1) is 8.66. The Bertz CT molecular complexity index is 832. The third kappa shape index (κ3) is 1.60. The highest BCUT2D eigenvalue weighted by Crippen LogP contribution is 2.13. The predicted octanol–water partition coefficient (Wildman–Crippen LogP) is 1.16. The van der Waals surface area contributed by atoms with Crippen molar-refractivity contribution >= 4 is 27.1 Å². The van der Waals surface area contributed by atoms with Crippen LogP contribution in [0, 0.1) is 0 Å². The fourth-order valence-corrected chi connectivity index (χ4v) is 2.15. The van der Waals surface area contributed by atoms with E-state index < -0.39 is 11.2 Å². The molecule has 90 valence electrons. The van der Waals surface area contributed by atoms with E-state index in [2.05, 4.69) is 30.9 Å². The minimum atomic E-state index is -0.516. The molecule has 1 aromatic carbocycles. The molecular weight excluding hydrogens is 300 g/mol. The number of hydrogen-bond acceptors (Lipinski definition) is 3. The Morgan fingerprint density at radius 1 is 1.11 bits per heavy atom. The molecule has 0 saturated heterocycles. The van der Waals surface area contributed by atoms with Crippen molar-refractivity contribution in [1.82, 2.24) is 19.5 Å². The van der Waals surface area contributed by atoms with Gasteiger partial charge in [0.05, 0.1) is 5.69 Å². The molecule has 3 rings (SSSR count). The lowest BCUT2D eigenvalue weighted by Crippen LogP contribution is -2.29. The first-order valence-electron chi connectivity index (χ1n) is 5.13. The maximum atomic E-state index is 11.9. The van der Waals surface area contributed by atoms with Crippen LogP contribution < -0.4 is 11.2 Å². The molecule has 6 nitrogen and oxygen atoms in total. The molecule has 2 heterocycles. The average molecular weight is 307 g/mol. The SMILES string of the molecule is O=c1[nH]c(=O)n(-c2ccccc2)c2nc(Br)[nH]c12. The van der Waals surface area contributed by atoms with Gasteiger partial charge in [-0.15, -0.1) is 0 Å². The standard InChI is InChI=1S/C11H7BrN4O2/c12-10-13-7-8(14-10)16(11(18)15-9(7)17)6-4-2-1-3-5-6/h1-5H,(H,13,14)(H,15,17,18). The van der Waals surface area contributed by atoms with Gasteiger partial charge in [-0.2, -0.15) is 0 Å². The number of hydrogen-bond donors (Lipinski definition) is 2. The van der Waals surface area contributed by atoms with E-state index in [1.807, 2.05) is 6.07 Å². The number of H-pyrrole nitrogens is 2. The molecule has 0 aliphatic heterocycles. The first kappa shape index (κ1) is 11.0. The Morgan fingerprint density at radius 3 is 2.56 bits per heavy atom. The van der Waals surface area contributed by atoms with Gasteiger partial charge in [0.25, 0.3) is 5.56 Å². The van der Waals surface area contributed by atoms with Crippen molar-refractivity contribution in [1.29, 1.82) is 0 Å². The third-order valence-electron chi connectivity index (χ3n) is 2.53. The zero-order chi connectivity index (χ0) is 12.7. The molecule has 0 bridgehead atoms. The number of halogens is 1. The minimum absolute atomic E-state index is 0.255. The van der Waals surface area contributed by atoms with Gasteiger partial charge >= 0.3 is 5.69 Å². The molecule has 0 amide bonds. The number of nitrogens with zero attached hydrogens (tertiary/aromatic N) is 2. The summed E-state index contributed by atoms with van der Waals surface area (Å²) in [6.45, 7) is 0. The van der Waals surface area contributed by atoms with E-state index in [1.165, 1.54) is 4.57 Å². The lowest BCUT2D eigenvalue weighted by atomic mass is 10.3. The van der Waals surface area contributed by atoms with E-state index in [9.17, 15) is 9.59 Å². The van der Waals surface area contributed by atoms with Gasteiger partial charge in [0.1, 0.15) is 0 Å². The molecule has 0 spiro atoms. The van der Waals surface area contributed by atoms with Crippen molar-refractivity contribution in [2.45, 2.75) is 0 Å². The number of imidazole rings is 1. The fraction of sp³-hybridized carbons (Fsp3) is 0. The van der Waals surface area contributed by atoms with Gasteiger partial charge in [0.15, 0.2) is 15.9 Å². The van der Waals surface area contributed by atoms with E-state index in [1.54, 1.807) is 24.3 Å². The van der Waals surface area contributed by atoms with Crippen molar-refractivity contribution in [3.63, 3.8) is 0 Å². The van der Waals surface area contributed by atoms with Crippen molar-refractivity contribution in [3.05, 3.63) is 55.9 Å². The molecule has 0 radical (unpaired) electrons. The molecule has 0 atom stereocenters. The largest absolute Gasteiger partial charge is 0.334 e. The van der Waals surface area contributed by atoms with Crippen LogP contribution in [0.15, 0.2) is 44.7 Å². The van der Waals surface area contributed by atoms with Crippen LogP contribution in [0.4, 0.5) is 0 Å². The maximum Gasteiger partial charge on any atom is 0.334 e. The zero-order valence-corrected chi connectivity index (χ0v) is 10.6. The van der Waals surface area contributed by atoms with Crippen molar-refractivity contribution in [3.8, 4) is 5.69 Å². The molecule has 0 saturated carbocycles. The number of para-hydroxylation sites is 1. The van der Waals surface area contributed by atoms with Crippen LogP contribution >= 0.6 is 15.9 Å². The lowest BCUT2D eigenvalue weighted by Gasteiger charge is -2.04. The van der Waals surface area contributed by atoms with Crippen LogP contribution in [0.2, 0.25) is 0 Å². The van der Waals surface area contributed by atoms with Crippen molar-refractivity contribution in [2.24, 2.45) is 0 Å². The normalized spacial score (nSPS) is 10.9. The molecule has 2 aromatic heterocycles. The van der Waals surface area contributed by atoms with Gasteiger partial charge in [-0.25, -0.2) is 14.3 Å². The molecule has 18 heavy (non-hydrogen) atoms. The van der Waals surface area contributed by atoms with Gasteiger partial charge in [-0.1, -0.05) is 18.2 Å². The Labute approximate surface area is 108 Å². The fourth-order valence-electron chi connectivity index (χ4n) is 1.78. The van der Waals surface area contributed by atoms with E-state index >= 15 is 0 Å². The molecule has 0 fully saturated rings. The highest BCUT2D eigenvalue weighted by atomic mass is 79.9. The average Bonchev–Trinajstić information content (AvgIpc) is 2.72. The number of nitrogens with one attached hydrogen (secondary N) is 2. The molecule has 0 unspecified atom stereocenters. The number of rotatable bonds is 1. The summed E-state index contributed by atoms with van der Waals surface area (Å²) in [7, 11) is 0. The van der Waals surface area contributed by atoms with Crippen LogP contribution in [-0.2, 0) is 0 Å². The van der Waals surface area contributed by atoms with Gasteiger partial charge in [-0.05, 0) is 28.1 Å².